The van der Waals surface area contributed by atoms with E-state index in [1.54, 1.807) is 58.1 Å². The number of unbranched alkanes of at least 4 members (excludes halogenated alkanes) is 2. The van der Waals surface area contributed by atoms with E-state index in [4.69, 9.17) is 10.8 Å². The normalized spacial score (nSPS) is 13.9. The van der Waals surface area contributed by atoms with Gasteiger partial charge in [-0.3, -0.25) is 9.59 Å². The predicted molar refractivity (Wildman–Crippen MR) is 188 cm³/mol. The summed E-state index contributed by atoms with van der Waals surface area (Å²) in [7, 11) is 0. The van der Waals surface area contributed by atoms with Crippen molar-refractivity contribution in [2.45, 2.75) is 65.5 Å². The van der Waals surface area contributed by atoms with Gasteiger partial charge in [-0.1, -0.05) is 51.0 Å². The summed E-state index contributed by atoms with van der Waals surface area (Å²) in [5.41, 5.74) is 11.1. The molecule has 11 nitrogen and oxygen atoms in total. The molecule has 48 heavy (non-hydrogen) atoms. The quantitative estimate of drug-likeness (QED) is 0.138. The number of carbonyl (C=O) groups excluding carboxylic acids is 3. The van der Waals surface area contributed by atoms with Crippen molar-refractivity contribution in [3.05, 3.63) is 101 Å². The molecular formula is C37H45N7O4. The van der Waals surface area contributed by atoms with Crippen LogP contribution in [0.4, 0.5) is 21.9 Å². The van der Waals surface area contributed by atoms with Gasteiger partial charge in [0, 0.05) is 42.4 Å². The summed E-state index contributed by atoms with van der Waals surface area (Å²) in [4.78, 5) is 44.6. The number of aliphatic hydroxyl groups excluding tert-OH is 1. The van der Waals surface area contributed by atoms with Crippen LogP contribution in [0.1, 0.15) is 77.2 Å². The molecule has 4 amide bonds. The number of carbonyl (C=O) groups is 3. The molecule has 0 bridgehead atoms. The number of nitrogens with one attached hydrogen (secondary N) is 2. The highest BCUT2D eigenvalue weighted by atomic mass is 16.3. The van der Waals surface area contributed by atoms with Gasteiger partial charge in [0.05, 0.1) is 23.9 Å². The van der Waals surface area contributed by atoms with E-state index < -0.39 is 12.1 Å². The number of nitrogens with two attached hydrogens (primary N) is 1. The molecule has 1 aliphatic heterocycles. The number of benzene rings is 3. The van der Waals surface area contributed by atoms with Gasteiger partial charge >= 0.3 is 6.03 Å². The molecule has 2 heterocycles. The van der Waals surface area contributed by atoms with Crippen LogP contribution in [0.15, 0.2) is 72.8 Å². The molecule has 1 unspecified atom stereocenters. The molecule has 252 valence electrons. The Hall–Kier alpha value is -5.16. The number of urea groups is 1. The number of aromatic nitrogens is 2. The Morgan fingerprint density at radius 2 is 1.56 bits per heavy atom. The smallest absolute Gasteiger partial charge is 0.323 e. The van der Waals surface area contributed by atoms with Crippen LogP contribution in [0.3, 0.4) is 0 Å². The van der Waals surface area contributed by atoms with Crippen LogP contribution < -0.4 is 16.4 Å². The second-order valence-electron chi connectivity index (χ2n) is 12.3. The van der Waals surface area contributed by atoms with Crippen molar-refractivity contribution in [1.82, 2.24) is 19.6 Å². The number of rotatable bonds is 12. The molecule has 0 radical (unpaired) electrons. The molecule has 0 fully saturated rings. The number of hydrogen-bond donors (Lipinski definition) is 4. The highest BCUT2D eigenvalue weighted by molar-refractivity contribution is 6.03. The van der Waals surface area contributed by atoms with Crippen molar-refractivity contribution >= 4 is 34.9 Å². The molecule has 1 aliphatic rings. The fourth-order valence-corrected chi connectivity index (χ4v) is 5.97. The van der Waals surface area contributed by atoms with Crippen LogP contribution in [0, 0.1) is 6.92 Å². The van der Waals surface area contributed by atoms with Crippen LogP contribution in [-0.4, -0.2) is 68.3 Å². The first kappa shape index (κ1) is 34.2. The number of anilines is 3. The Balaban J connectivity index is 1.51. The molecule has 11 heteroatoms. The van der Waals surface area contributed by atoms with Gasteiger partial charge in [-0.15, -0.1) is 0 Å². The van der Waals surface area contributed by atoms with Crippen LogP contribution in [-0.2, 0) is 13.0 Å². The van der Waals surface area contributed by atoms with Crippen LogP contribution in [0.5, 0.6) is 0 Å². The maximum atomic E-state index is 14.5. The summed E-state index contributed by atoms with van der Waals surface area (Å²) in [5, 5.41) is 20.7. The Morgan fingerprint density at radius 3 is 2.23 bits per heavy atom. The van der Waals surface area contributed by atoms with E-state index in [1.165, 1.54) is 0 Å². The molecule has 0 saturated heterocycles. The minimum absolute atomic E-state index is 0.141. The van der Waals surface area contributed by atoms with Gasteiger partial charge in [0.1, 0.15) is 0 Å². The number of fused-ring (bicyclic) bond motifs is 1. The Bertz CT molecular complexity index is 1740. The molecule has 1 aromatic heterocycles. The zero-order chi connectivity index (χ0) is 34.2. The third kappa shape index (κ3) is 7.86. The van der Waals surface area contributed by atoms with E-state index in [2.05, 4.69) is 24.5 Å². The summed E-state index contributed by atoms with van der Waals surface area (Å²) >= 11 is 0. The topological polar surface area (TPSA) is 146 Å². The SMILES string of the molecule is CCCCN(CCCC)C(=O)c1cc(C)n(-c2ccc(NC(=O)Nc3ccc(N)cc3)cc2C(=O)N2Cc3ccccc3CC2CO)n1. The van der Waals surface area contributed by atoms with Crippen molar-refractivity contribution in [3.8, 4) is 5.69 Å². The zero-order valence-corrected chi connectivity index (χ0v) is 27.9. The zero-order valence-electron chi connectivity index (χ0n) is 27.9. The maximum absolute atomic E-state index is 14.5. The second kappa shape index (κ2) is 15.6. The summed E-state index contributed by atoms with van der Waals surface area (Å²) < 4.78 is 1.61. The highest BCUT2D eigenvalue weighted by Gasteiger charge is 2.32. The van der Waals surface area contributed by atoms with Crippen molar-refractivity contribution in [2.75, 3.05) is 36.1 Å². The summed E-state index contributed by atoms with van der Waals surface area (Å²) in [6.45, 7) is 7.47. The van der Waals surface area contributed by atoms with Gasteiger partial charge in [-0.05, 0) is 85.8 Å². The number of aryl methyl sites for hydroxylation is 1. The second-order valence-corrected chi connectivity index (χ2v) is 12.3. The van der Waals surface area contributed by atoms with Gasteiger partial charge in [0.25, 0.3) is 11.8 Å². The Kier molecular flexibility index (Phi) is 11.1. The van der Waals surface area contributed by atoms with E-state index in [0.29, 0.717) is 60.2 Å². The van der Waals surface area contributed by atoms with Crippen LogP contribution in [0.25, 0.3) is 5.69 Å². The monoisotopic (exact) mass is 651 g/mol. The standard InChI is InChI=1S/C37H45N7O4/c1-4-6-18-42(19-7-5-2)36(47)33-20-25(3)44(41-33)34-17-16-30(40-37(48)39-29-14-12-28(38)13-15-29)22-32(34)35(46)43-23-27-11-9-8-10-26(27)21-31(43)24-45/h8-17,20,22,31,45H,4-7,18-19,21,23-24,38H2,1-3H3,(H2,39,40,48). The fourth-order valence-electron chi connectivity index (χ4n) is 5.97. The average molecular weight is 652 g/mol. The minimum atomic E-state index is -0.492. The van der Waals surface area contributed by atoms with Crippen LogP contribution >= 0.6 is 0 Å². The molecule has 0 aliphatic carbocycles. The number of aliphatic hydroxyl groups is 1. The maximum Gasteiger partial charge on any atom is 0.323 e. The van der Waals surface area contributed by atoms with Gasteiger partial charge in [-0.2, -0.15) is 5.10 Å². The van der Waals surface area contributed by atoms with Gasteiger partial charge in [-0.25, -0.2) is 9.48 Å². The average Bonchev–Trinajstić information content (AvgIpc) is 3.49. The molecule has 5 N–H and O–H groups in total. The lowest BCUT2D eigenvalue weighted by atomic mass is 9.93. The summed E-state index contributed by atoms with van der Waals surface area (Å²) in [6, 6.07) is 20.5. The molecular weight excluding hydrogens is 606 g/mol. The summed E-state index contributed by atoms with van der Waals surface area (Å²) in [5.74, 6) is -0.464. The molecule has 0 spiro atoms. The molecule has 4 aromatic rings. The highest BCUT2D eigenvalue weighted by Crippen LogP contribution is 2.29. The van der Waals surface area contributed by atoms with E-state index in [9.17, 15) is 19.5 Å². The molecule has 0 saturated carbocycles. The lowest BCUT2D eigenvalue weighted by Gasteiger charge is -2.36. The Labute approximate surface area is 281 Å². The third-order valence-electron chi connectivity index (χ3n) is 8.67. The van der Waals surface area contributed by atoms with Crippen molar-refractivity contribution in [1.29, 1.82) is 0 Å². The van der Waals surface area contributed by atoms with Gasteiger partial charge < -0.3 is 31.3 Å². The lowest BCUT2D eigenvalue weighted by Crippen LogP contribution is -2.46. The predicted octanol–water partition coefficient (Wildman–Crippen LogP) is 6.01. The number of nitrogens with zero attached hydrogens (tertiary/aromatic N) is 4. The van der Waals surface area contributed by atoms with Crippen molar-refractivity contribution in [2.24, 2.45) is 0 Å². The minimum Gasteiger partial charge on any atom is -0.399 e. The lowest BCUT2D eigenvalue weighted by molar-refractivity contribution is 0.0544. The molecule has 1 atom stereocenters. The summed E-state index contributed by atoms with van der Waals surface area (Å²) in [6.07, 6.45) is 4.27. The first-order chi connectivity index (χ1) is 23.2. The molecule has 3 aromatic carbocycles. The number of hydrogen-bond acceptors (Lipinski definition) is 6. The van der Waals surface area contributed by atoms with E-state index in [0.717, 1.165) is 36.8 Å². The van der Waals surface area contributed by atoms with Crippen LogP contribution in [0.2, 0.25) is 0 Å². The van der Waals surface area contributed by atoms with Gasteiger partial charge in [0.15, 0.2) is 5.69 Å². The van der Waals surface area contributed by atoms with Crippen molar-refractivity contribution in [3.63, 3.8) is 0 Å². The number of nitrogen functional groups attached to an aromatic ring is 1. The molecule has 5 rings (SSSR count). The largest absolute Gasteiger partial charge is 0.399 e. The Morgan fingerprint density at radius 1 is 0.917 bits per heavy atom. The first-order valence-electron chi connectivity index (χ1n) is 16.6. The van der Waals surface area contributed by atoms with E-state index >= 15 is 0 Å². The van der Waals surface area contributed by atoms with Crippen molar-refractivity contribution < 1.29 is 19.5 Å². The third-order valence-corrected chi connectivity index (χ3v) is 8.67. The van der Waals surface area contributed by atoms with E-state index in [1.807, 2.05) is 36.1 Å². The van der Waals surface area contributed by atoms with E-state index in [-0.39, 0.29) is 24.0 Å². The fraction of sp³-hybridized carbons (Fsp3) is 0.351. The number of amides is 4. The first-order valence-corrected chi connectivity index (χ1v) is 16.6. The van der Waals surface area contributed by atoms with Gasteiger partial charge in [0.2, 0.25) is 0 Å².